The van der Waals surface area contributed by atoms with Crippen molar-refractivity contribution in [2.75, 3.05) is 38.8 Å². The Labute approximate surface area is 201 Å². The maximum atomic E-state index is 5.49. The van der Waals surface area contributed by atoms with Crippen LogP contribution in [-0.2, 0) is 19.4 Å². The number of halogens is 1. The maximum absolute atomic E-state index is 5.49. The van der Waals surface area contributed by atoms with Crippen LogP contribution in [0.4, 0.5) is 0 Å². The van der Waals surface area contributed by atoms with E-state index >= 15 is 0 Å². The van der Waals surface area contributed by atoms with Crippen LogP contribution in [0.3, 0.4) is 0 Å². The molecule has 0 aliphatic heterocycles. The average Bonchev–Trinajstić information content (AvgIpc) is 3.18. The lowest BCUT2D eigenvalue weighted by atomic mass is 10.1. The van der Waals surface area contributed by atoms with Crippen LogP contribution < -0.4 is 15.4 Å². The molecule has 0 radical (unpaired) electrons. The quantitative estimate of drug-likeness (QED) is 0.184. The molecule has 1 aromatic heterocycles. The summed E-state index contributed by atoms with van der Waals surface area (Å²) in [4.78, 5) is 4.72. The molecule has 1 heterocycles. The van der Waals surface area contributed by atoms with E-state index in [9.17, 15) is 0 Å². The lowest BCUT2D eigenvalue weighted by molar-refractivity contribution is 0.409. The summed E-state index contributed by atoms with van der Waals surface area (Å²) in [5.41, 5.74) is 2.45. The van der Waals surface area contributed by atoms with E-state index < -0.39 is 0 Å². The lowest BCUT2D eigenvalue weighted by Crippen LogP contribution is -2.40. The SMILES string of the molecule is CCc1nncn1CCNC(=NCCCSC)NCCc1cc(C)ccc1OC.I. The molecule has 7 nitrogen and oxygen atoms in total. The predicted octanol–water partition coefficient (Wildman–Crippen LogP) is 3.31. The molecule has 9 heteroatoms. The van der Waals surface area contributed by atoms with Crippen molar-refractivity contribution in [2.45, 2.75) is 39.7 Å². The number of aryl methyl sites for hydroxylation is 2. The highest BCUT2D eigenvalue weighted by Gasteiger charge is 2.05. The number of nitrogens with zero attached hydrogens (tertiary/aromatic N) is 4. The Morgan fingerprint density at radius 1 is 1.27 bits per heavy atom. The van der Waals surface area contributed by atoms with Crippen molar-refractivity contribution in [1.29, 1.82) is 0 Å². The third kappa shape index (κ3) is 9.11. The minimum absolute atomic E-state index is 0. The van der Waals surface area contributed by atoms with Crippen molar-refractivity contribution in [3.8, 4) is 5.75 Å². The first-order chi connectivity index (χ1) is 14.2. The monoisotopic (exact) mass is 546 g/mol. The third-order valence-electron chi connectivity index (χ3n) is 4.56. The molecule has 2 aromatic rings. The van der Waals surface area contributed by atoms with Crippen LogP contribution in [0.2, 0.25) is 0 Å². The van der Waals surface area contributed by atoms with Gasteiger partial charge in [-0.2, -0.15) is 11.8 Å². The maximum Gasteiger partial charge on any atom is 0.191 e. The van der Waals surface area contributed by atoms with Crippen LogP contribution in [0.1, 0.15) is 30.3 Å². The number of benzene rings is 1. The molecular formula is C21H35IN6OS. The van der Waals surface area contributed by atoms with Gasteiger partial charge in [0.15, 0.2) is 5.96 Å². The molecule has 0 saturated carbocycles. The van der Waals surface area contributed by atoms with Crippen LogP contribution in [0, 0.1) is 6.92 Å². The van der Waals surface area contributed by atoms with E-state index in [-0.39, 0.29) is 24.0 Å². The topological polar surface area (TPSA) is 76.4 Å². The number of thioether (sulfide) groups is 1. The Bertz CT molecular complexity index is 768. The summed E-state index contributed by atoms with van der Waals surface area (Å²) in [6, 6.07) is 6.29. The van der Waals surface area contributed by atoms with Gasteiger partial charge in [-0.05, 0) is 43.4 Å². The Hall–Kier alpha value is -1.49. The first kappa shape index (κ1) is 26.5. The third-order valence-corrected chi connectivity index (χ3v) is 5.25. The van der Waals surface area contributed by atoms with Crippen molar-refractivity contribution in [3.05, 3.63) is 41.5 Å². The summed E-state index contributed by atoms with van der Waals surface area (Å²) in [7, 11) is 1.72. The fraction of sp³-hybridized carbons (Fsp3) is 0.571. The zero-order chi connectivity index (χ0) is 20.9. The molecule has 0 saturated heterocycles. The second kappa shape index (κ2) is 15.3. The first-order valence-electron chi connectivity index (χ1n) is 10.2. The van der Waals surface area contributed by atoms with Gasteiger partial charge in [-0.15, -0.1) is 34.2 Å². The normalized spacial score (nSPS) is 11.1. The van der Waals surface area contributed by atoms with Gasteiger partial charge in [0.1, 0.15) is 17.9 Å². The van der Waals surface area contributed by atoms with E-state index in [0.717, 1.165) is 68.7 Å². The fourth-order valence-electron chi connectivity index (χ4n) is 3.03. The molecule has 30 heavy (non-hydrogen) atoms. The van der Waals surface area contributed by atoms with Crippen LogP contribution in [0.15, 0.2) is 29.5 Å². The number of nitrogens with one attached hydrogen (secondary N) is 2. The average molecular weight is 547 g/mol. The largest absolute Gasteiger partial charge is 0.496 e. The van der Waals surface area contributed by atoms with Crippen molar-refractivity contribution < 1.29 is 4.74 Å². The molecule has 0 aliphatic rings. The van der Waals surface area contributed by atoms with Gasteiger partial charge >= 0.3 is 0 Å². The summed E-state index contributed by atoms with van der Waals surface area (Å²) in [5, 5.41) is 15.0. The van der Waals surface area contributed by atoms with E-state index in [1.165, 1.54) is 11.1 Å². The van der Waals surface area contributed by atoms with Crippen LogP contribution in [-0.4, -0.2) is 59.5 Å². The van der Waals surface area contributed by atoms with Gasteiger partial charge in [0.05, 0.1) is 7.11 Å². The molecular weight excluding hydrogens is 511 g/mol. The minimum atomic E-state index is 0. The fourth-order valence-corrected chi connectivity index (χ4v) is 3.44. The number of guanidine groups is 1. The van der Waals surface area contributed by atoms with Crippen LogP contribution >= 0.6 is 35.7 Å². The number of ether oxygens (including phenoxy) is 1. The summed E-state index contributed by atoms with van der Waals surface area (Å²) in [5.74, 6) is 3.91. The molecule has 0 amide bonds. The van der Waals surface area contributed by atoms with Crippen LogP contribution in [0.25, 0.3) is 0 Å². The van der Waals surface area contributed by atoms with E-state index in [4.69, 9.17) is 9.73 Å². The van der Waals surface area contributed by atoms with E-state index in [1.54, 1.807) is 13.4 Å². The molecule has 2 rings (SSSR count). The summed E-state index contributed by atoms with van der Waals surface area (Å²) in [6.07, 6.45) is 6.74. The number of rotatable bonds is 12. The summed E-state index contributed by atoms with van der Waals surface area (Å²) >= 11 is 1.85. The Kier molecular flexibility index (Phi) is 13.6. The van der Waals surface area contributed by atoms with Crippen molar-refractivity contribution in [1.82, 2.24) is 25.4 Å². The smallest absolute Gasteiger partial charge is 0.191 e. The van der Waals surface area contributed by atoms with Crippen molar-refractivity contribution in [2.24, 2.45) is 4.99 Å². The second-order valence-corrected chi connectivity index (χ2v) is 7.78. The van der Waals surface area contributed by atoms with Gasteiger partial charge in [0, 0.05) is 32.6 Å². The highest BCUT2D eigenvalue weighted by atomic mass is 127. The number of aliphatic imine (C=N–C) groups is 1. The Morgan fingerprint density at radius 2 is 2.07 bits per heavy atom. The molecule has 0 fully saturated rings. The second-order valence-electron chi connectivity index (χ2n) is 6.79. The zero-order valence-corrected chi connectivity index (χ0v) is 21.6. The molecule has 0 atom stereocenters. The highest BCUT2D eigenvalue weighted by Crippen LogP contribution is 2.19. The van der Waals surface area contributed by atoms with Gasteiger partial charge in [-0.25, -0.2) is 0 Å². The first-order valence-corrected chi connectivity index (χ1v) is 11.6. The number of aromatic nitrogens is 3. The Morgan fingerprint density at radius 3 is 2.80 bits per heavy atom. The van der Waals surface area contributed by atoms with E-state index in [0.29, 0.717) is 0 Å². The highest BCUT2D eigenvalue weighted by molar-refractivity contribution is 14.0. The van der Waals surface area contributed by atoms with Gasteiger partial charge in [-0.3, -0.25) is 4.99 Å². The Balaban J connectivity index is 0.00000450. The molecule has 2 N–H and O–H groups in total. The minimum Gasteiger partial charge on any atom is -0.496 e. The number of hydrogen-bond donors (Lipinski definition) is 2. The zero-order valence-electron chi connectivity index (χ0n) is 18.5. The van der Waals surface area contributed by atoms with Gasteiger partial charge in [0.25, 0.3) is 0 Å². The summed E-state index contributed by atoms with van der Waals surface area (Å²) in [6.45, 7) is 7.39. The number of hydrogen-bond acceptors (Lipinski definition) is 5. The molecule has 0 spiro atoms. The van der Waals surface area contributed by atoms with E-state index in [1.807, 2.05) is 17.8 Å². The molecule has 168 valence electrons. The molecule has 0 unspecified atom stereocenters. The van der Waals surface area contributed by atoms with Crippen LogP contribution in [0.5, 0.6) is 5.75 Å². The predicted molar refractivity (Wildman–Crippen MR) is 138 cm³/mol. The number of methoxy groups -OCH3 is 1. The standard InChI is InChI=1S/C21H34N6OS.HI/c1-5-20-26-25-16-27(20)13-12-24-21(22-10-6-14-29-4)23-11-9-18-15-17(2)7-8-19(18)28-3;/h7-8,15-16H,5-6,9-14H2,1-4H3,(H2,22,23,24);1H. The van der Waals surface area contributed by atoms with Gasteiger partial charge < -0.3 is 19.9 Å². The van der Waals surface area contributed by atoms with Crippen molar-refractivity contribution in [3.63, 3.8) is 0 Å². The van der Waals surface area contributed by atoms with Gasteiger partial charge in [0.2, 0.25) is 0 Å². The molecule has 0 bridgehead atoms. The van der Waals surface area contributed by atoms with Crippen molar-refractivity contribution >= 4 is 41.7 Å². The molecule has 0 aliphatic carbocycles. The summed E-state index contributed by atoms with van der Waals surface area (Å²) < 4.78 is 7.57. The van der Waals surface area contributed by atoms with E-state index in [2.05, 4.69) is 57.6 Å². The lowest BCUT2D eigenvalue weighted by Gasteiger charge is -2.15. The van der Waals surface area contributed by atoms with Gasteiger partial charge in [-0.1, -0.05) is 24.6 Å². The molecule has 1 aromatic carbocycles.